The van der Waals surface area contributed by atoms with Gasteiger partial charge >= 0.3 is 5.69 Å². The van der Waals surface area contributed by atoms with Gasteiger partial charge in [-0.15, -0.1) is 0 Å². The molecule has 0 spiro atoms. The Hall–Kier alpha value is -2.22. The van der Waals surface area contributed by atoms with Gasteiger partial charge in [0.25, 0.3) is 10.9 Å². The first-order valence-electron chi connectivity index (χ1n) is 6.05. The van der Waals surface area contributed by atoms with E-state index in [9.17, 15) is 9.30 Å². The van der Waals surface area contributed by atoms with Gasteiger partial charge in [-0.25, -0.2) is 14.6 Å². The normalized spacial score (nSPS) is 28.4. The zero-order valence-corrected chi connectivity index (χ0v) is 10.5. The van der Waals surface area contributed by atoms with Crippen LogP contribution < -0.4 is 5.73 Å². The molecule has 0 amide bonds. The number of hydrogen-bond acceptors (Lipinski definition) is 5. The second kappa shape index (κ2) is 4.41. The summed E-state index contributed by atoms with van der Waals surface area (Å²) >= 11 is 0. The van der Waals surface area contributed by atoms with Crippen molar-refractivity contribution in [1.82, 2.24) is 0 Å². The van der Waals surface area contributed by atoms with Crippen LogP contribution in [0.2, 0.25) is 0 Å². The summed E-state index contributed by atoms with van der Waals surface area (Å²) in [6, 6.07) is 3.50. The molecule has 3 rings (SSSR count). The molecule has 2 heterocycles. The zero-order valence-electron chi connectivity index (χ0n) is 10.5. The lowest BCUT2D eigenvalue weighted by atomic mass is 9.80. The van der Waals surface area contributed by atoms with E-state index in [-0.39, 0.29) is 41.3 Å². The minimum atomic E-state index is -1.02. The molecular formula is C12H13FN3O4+. The Bertz CT molecular complexity index is 606. The zero-order chi connectivity index (χ0) is 14.3. The van der Waals surface area contributed by atoms with Gasteiger partial charge in [-0.1, -0.05) is 0 Å². The molecule has 0 radical (unpaired) electrons. The van der Waals surface area contributed by atoms with Crippen LogP contribution in [-0.2, 0) is 15.0 Å². The van der Waals surface area contributed by atoms with Crippen LogP contribution in [0.3, 0.4) is 0 Å². The fraction of sp³-hybridized carbons (Fsp3) is 0.417. The molecule has 1 fully saturated rings. The van der Waals surface area contributed by atoms with Crippen LogP contribution in [0.4, 0.5) is 10.1 Å². The predicted octanol–water partition coefficient (Wildman–Crippen LogP) is 0.812. The molecule has 0 aromatic heterocycles. The molecule has 106 valence electrons. The standard InChI is InChI=1S/C12H13FN3O4/c13-10-2-1-8(16(17)18)3-9(10)12-6-19-4-7(12)5-20-11(14)15-12/h1-3,7H,4-6H2,(H2,14,15)(H,17,18)/q+1/t7-,12-/m0/s1. The second-order valence-corrected chi connectivity index (χ2v) is 4.83. The lowest BCUT2D eigenvalue weighted by Crippen LogP contribution is -2.43. The number of amidine groups is 1. The molecule has 1 aromatic rings. The van der Waals surface area contributed by atoms with Gasteiger partial charge in [-0.3, -0.25) is 0 Å². The summed E-state index contributed by atoms with van der Waals surface area (Å²) in [4.78, 5) is 14.9. The van der Waals surface area contributed by atoms with Gasteiger partial charge in [0, 0.05) is 23.6 Å². The second-order valence-electron chi connectivity index (χ2n) is 4.83. The molecule has 2 aliphatic rings. The largest absolute Gasteiger partial charge is 0.465 e. The van der Waals surface area contributed by atoms with E-state index in [0.29, 0.717) is 6.61 Å². The Morgan fingerprint density at radius 3 is 3.05 bits per heavy atom. The van der Waals surface area contributed by atoms with Crippen LogP contribution in [0.1, 0.15) is 5.56 Å². The van der Waals surface area contributed by atoms with Crippen molar-refractivity contribution in [3.63, 3.8) is 0 Å². The molecule has 0 unspecified atom stereocenters. The number of ether oxygens (including phenoxy) is 2. The third-order valence-electron chi connectivity index (χ3n) is 3.70. The highest BCUT2D eigenvalue weighted by molar-refractivity contribution is 5.73. The van der Waals surface area contributed by atoms with Crippen molar-refractivity contribution >= 4 is 11.7 Å². The Labute approximate surface area is 113 Å². The molecule has 0 aliphatic carbocycles. The fourth-order valence-electron chi connectivity index (χ4n) is 2.66. The summed E-state index contributed by atoms with van der Waals surface area (Å²) in [5.74, 6) is -0.733. The van der Waals surface area contributed by atoms with Crippen LogP contribution in [0.25, 0.3) is 0 Å². The molecule has 7 nitrogen and oxygen atoms in total. The van der Waals surface area contributed by atoms with Crippen LogP contribution in [0, 0.1) is 16.6 Å². The van der Waals surface area contributed by atoms with Gasteiger partial charge in [0.05, 0.1) is 24.7 Å². The van der Waals surface area contributed by atoms with E-state index >= 15 is 0 Å². The van der Waals surface area contributed by atoms with E-state index in [1.807, 2.05) is 0 Å². The van der Waals surface area contributed by atoms with E-state index in [1.54, 1.807) is 0 Å². The minimum absolute atomic E-state index is 0.0421. The van der Waals surface area contributed by atoms with Crippen molar-refractivity contribution < 1.29 is 24.0 Å². The van der Waals surface area contributed by atoms with Gasteiger partial charge in [0.1, 0.15) is 11.4 Å². The fourth-order valence-corrected chi connectivity index (χ4v) is 2.66. The monoisotopic (exact) mass is 282 g/mol. The van der Waals surface area contributed by atoms with E-state index < -0.39 is 11.4 Å². The van der Waals surface area contributed by atoms with E-state index in [4.69, 9.17) is 20.4 Å². The number of rotatable bonds is 2. The first kappa shape index (κ1) is 12.8. The maximum Gasteiger partial charge on any atom is 0.317 e. The topological polar surface area (TPSA) is 97.2 Å². The van der Waals surface area contributed by atoms with Crippen molar-refractivity contribution in [3.8, 4) is 0 Å². The number of fused-ring (bicyclic) bond motifs is 1. The van der Waals surface area contributed by atoms with Crippen molar-refractivity contribution in [2.75, 3.05) is 19.8 Å². The predicted molar refractivity (Wildman–Crippen MR) is 65.0 cm³/mol. The van der Waals surface area contributed by atoms with Crippen LogP contribution in [-0.4, -0.2) is 36.0 Å². The van der Waals surface area contributed by atoms with Gasteiger partial charge in [0.15, 0.2) is 0 Å². The summed E-state index contributed by atoms with van der Waals surface area (Å²) in [7, 11) is 0. The van der Waals surface area contributed by atoms with Crippen LogP contribution in [0.15, 0.2) is 23.2 Å². The number of nitrogens with two attached hydrogens (primary N) is 1. The number of halogens is 1. The Balaban J connectivity index is 2.17. The third kappa shape index (κ3) is 1.80. The number of aliphatic imine (C=N–C) groups is 1. The molecule has 0 bridgehead atoms. The maximum atomic E-state index is 14.2. The summed E-state index contributed by atoms with van der Waals surface area (Å²) < 4.78 is 24.7. The highest BCUT2D eigenvalue weighted by Gasteiger charge is 2.50. The van der Waals surface area contributed by atoms with Crippen molar-refractivity contribution in [1.29, 1.82) is 0 Å². The summed E-state index contributed by atoms with van der Waals surface area (Å²) in [5.41, 5.74) is 4.66. The van der Waals surface area contributed by atoms with Crippen molar-refractivity contribution in [2.24, 2.45) is 16.6 Å². The third-order valence-corrected chi connectivity index (χ3v) is 3.70. The molecule has 20 heavy (non-hydrogen) atoms. The average Bonchev–Trinajstić information content (AvgIpc) is 2.82. The minimum Gasteiger partial charge on any atom is -0.465 e. The molecule has 1 saturated heterocycles. The molecule has 1 aromatic carbocycles. The van der Waals surface area contributed by atoms with Crippen molar-refractivity contribution in [2.45, 2.75) is 5.54 Å². The quantitative estimate of drug-likeness (QED) is 0.782. The van der Waals surface area contributed by atoms with Gasteiger partial charge in [-0.05, 0) is 6.07 Å². The van der Waals surface area contributed by atoms with Crippen LogP contribution in [0.5, 0.6) is 0 Å². The van der Waals surface area contributed by atoms with E-state index in [1.165, 1.54) is 12.1 Å². The molecule has 2 atom stereocenters. The SMILES string of the molecule is NC1=N[C@@]2(c3cc([N+](=O)O)ccc3F)COC[C@H]2CO1. The first-order valence-corrected chi connectivity index (χ1v) is 6.05. The Kier molecular flexibility index (Phi) is 2.82. The summed E-state index contributed by atoms with van der Waals surface area (Å²) in [5, 5.41) is 8.97. The van der Waals surface area contributed by atoms with E-state index in [0.717, 1.165) is 6.07 Å². The lowest BCUT2D eigenvalue weighted by Gasteiger charge is -2.33. The smallest absolute Gasteiger partial charge is 0.317 e. The molecule has 8 heteroatoms. The highest BCUT2D eigenvalue weighted by atomic mass is 19.1. The van der Waals surface area contributed by atoms with E-state index in [2.05, 4.69) is 4.99 Å². The highest BCUT2D eigenvalue weighted by Crippen LogP contribution is 2.43. The average molecular weight is 282 g/mol. The summed E-state index contributed by atoms with van der Waals surface area (Å²) in [6.45, 7) is 0.770. The van der Waals surface area contributed by atoms with Gasteiger partial charge < -0.3 is 15.2 Å². The first-order chi connectivity index (χ1) is 9.53. The molecule has 0 saturated carbocycles. The Morgan fingerprint density at radius 2 is 2.30 bits per heavy atom. The molecule has 3 N–H and O–H groups in total. The van der Waals surface area contributed by atoms with Gasteiger partial charge in [0.2, 0.25) is 0 Å². The van der Waals surface area contributed by atoms with Crippen molar-refractivity contribution in [3.05, 3.63) is 34.5 Å². The van der Waals surface area contributed by atoms with Gasteiger partial charge in [-0.2, -0.15) is 0 Å². The maximum absolute atomic E-state index is 14.2. The van der Waals surface area contributed by atoms with Crippen LogP contribution >= 0.6 is 0 Å². The summed E-state index contributed by atoms with van der Waals surface area (Å²) in [6.07, 6.45) is 0. The number of benzene rings is 1. The lowest BCUT2D eigenvalue weighted by molar-refractivity contribution is -0.729. The number of nitrogens with zero attached hydrogens (tertiary/aromatic N) is 2. The number of hydrogen-bond donors (Lipinski definition) is 2. The molecular weight excluding hydrogens is 269 g/mol. The Morgan fingerprint density at radius 1 is 1.50 bits per heavy atom. The molecule has 2 aliphatic heterocycles.